The van der Waals surface area contributed by atoms with E-state index in [0.717, 1.165) is 45.3 Å². The summed E-state index contributed by atoms with van der Waals surface area (Å²) in [5.74, 6) is 2.94. The summed E-state index contributed by atoms with van der Waals surface area (Å²) in [5.41, 5.74) is 4.17. The molecule has 2 aliphatic heterocycles. The Balaban J connectivity index is 0.00000104. The molecule has 0 N–H and O–H groups in total. The SMILES string of the molecule is Cc1ccc2c(c1-c1c(C)ccc3c1O[C-](C)O3)O[C-](C)O2.[Rh].[Rh]. The van der Waals surface area contributed by atoms with Crippen LogP contribution in [-0.4, -0.2) is 0 Å². The fraction of sp³-hybridized carbons (Fsp3) is 0.222. The van der Waals surface area contributed by atoms with Crippen LogP contribution in [0, 0.1) is 26.4 Å². The minimum Gasteiger partial charge on any atom is -0.617 e. The van der Waals surface area contributed by atoms with Crippen molar-refractivity contribution in [2.24, 2.45) is 0 Å². The van der Waals surface area contributed by atoms with E-state index in [1.807, 2.05) is 24.3 Å². The van der Waals surface area contributed by atoms with Crippen LogP contribution in [-0.2, 0) is 39.0 Å². The van der Waals surface area contributed by atoms with E-state index in [9.17, 15) is 0 Å². The summed E-state index contributed by atoms with van der Waals surface area (Å²) in [6.07, 6.45) is 1.07. The Bertz CT molecular complexity index is 711. The summed E-state index contributed by atoms with van der Waals surface area (Å²) < 4.78 is 22.9. The van der Waals surface area contributed by atoms with Gasteiger partial charge in [0.1, 0.15) is 23.0 Å². The van der Waals surface area contributed by atoms with Crippen LogP contribution in [0.1, 0.15) is 25.0 Å². The van der Waals surface area contributed by atoms with Gasteiger partial charge in [-0.2, -0.15) is 0 Å². The molecular weight excluding hydrogens is 486 g/mol. The van der Waals surface area contributed by atoms with Gasteiger partial charge in [-0.05, 0) is 37.1 Å². The number of hydrogen-bond donors (Lipinski definition) is 0. The molecule has 4 nitrogen and oxygen atoms in total. The Kier molecular flexibility index (Phi) is 5.62. The van der Waals surface area contributed by atoms with Crippen molar-refractivity contribution >= 4 is 0 Å². The largest absolute Gasteiger partial charge is 0.617 e. The molecule has 2 heterocycles. The molecule has 0 saturated heterocycles. The second kappa shape index (κ2) is 7.02. The smallest absolute Gasteiger partial charge is 0.137 e. The van der Waals surface area contributed by atoms with E-state index in [1.165, 1.54) is 0 Å². The molecule has 6 heteroatoms. The molecule has 24 heavy (non-hydrogen) atoms. The molecule has 2 aromatic rings. The second-order valence-corrected chi connectivity index (χ2v) is 5.56. The second-order valence-electron chi connectivity index (χ2n) is 5.56. The first kappa shape index (κ1) is 19.2. The molecule has 0 fully saturated rings. The number of ether oxygens (including phenoxy) is 4. The molecule has 0 amide bonds. The Morgan fingerprint density at radius 3 is 1.38 bits per heavy atom. The molecule has 0 atom stereocenters. The number of aryl methyl sites for hydroxylation is 2. The molecule has 0 saturated carbocycles. The average Bonchev–Trinajstić information content (AvgIpc) is 3.01. The summed E-state index contributed by atoms with van der Waals surface area (Å²) in [5, 5.41) is 0. The van der Waals surface area contributed by atoms with Gasteiger partial charge in [0, 0.05) is 62.7 Å². The van der Waals surface area contributed by atoms with Gasteiger partial charge in [0.15, 0.2) is 0 Å². The van der Waals surface area contributed by atoms with E-state index in [2.05, 4.69) is 13.8 Å². The van der Waals surface area contributed by atoms with Crippen LogP contribution in [0.2, 0.25) is 0 Å². The van der Waals surface area contributed by atoms with Gasteiger partial charge in [0.05, 0.1) is 0 Å². The molecule has 0 spiro atoms. The molecule has 2 aliphatic rings. The Morgan fingerprint density at radius 1 is 0.625 bits per heavy atom. The van der Waals surface area contributed by atoms with Gasteiger partial charge in [0.2, 0.25) is 0 Å². The third-order valence-corrected chi connectivity index (χ3v) is 3.91. The normalized spacial score (nSPS) is 15.0. The predicted octanol–water partition coefficient (Wildman–Crippen LogP) is 4.53. The van der Waals surface area contributed by atoms with Crippen LogP contribution in [0.5, 0.6) is 23.0 Å². The first-order valence-electron chi connectivity index (χ1n) is 7.20. The average molecular weight is 502 g/mol. The maximum Gasteiger partial charge on any atom is 0.137 e. The molecule has 132 valence electrons. The van der Waals surface area contributed by atoms with Crippen LogP contribution in [0.25, 0.3) is 11.1 Å². The predicted molar refractivity (Wildman–Crippen MR) is 81.7 cm³/mol. The summed E-state index contributed by atoms with van der Waals surface area (Å²) in [7, 11) is 0. The third kappa shape index (κ3) is 2.95. The summed E-state index contributed by atoms with van der Waals surface area (Å²) >= 11 is 0. The number of benzene rings is 2. The maximum atomic E-state index is 5.81. The molecule has 4 rings (SSSR count). The van der Waals surface area contributed by atoms with Crippen molar-refractivity contribution in [3.63, 3.8) is 0 Å². The van der Waals surface area contributed by atoms with Crippen LogP contribution in [0.4, 0.5) is 0 Å². The summed E-state index contributed by atoms with van der Waals surface area (Å²) in [6, 6.07) is 7.92. The molecule has 0 aliphatic carbocycles. The van der Waals surface area contributed by atoms with Gasteiger partial charge in [-0.25, -0.2) is 0 Å². The summed E-state index contributed by atoms with van der Waals surface area (Å²) in [6.45, 7) is 7.72. The fourth-order valence-corrected chi connectivity index (χ4v) is 2.95. The number of rotatable bonds is 1. The number of fused-ring (bicyclic) bond motifs is 2. The van der Waals surface area contributed by atoms with E-state index >= 15 is 0 Å². The number of hydrogen-bond acceptors (Lipinski definition) is 4. The molecular formula is C18H16O4Rh2-2. The van der Waals surface area contributed by atoms with E-state index in [4.69, 9.17) is 18.9 Å². The zero-order chi connectivity index (χ0) is 15.4. The van der Waals surface area contributed by atoms with Crippen molar-refractivity contribution < 1.29 is 57.9 Å². The van der Waals surface area contributed by atoms with Gasteiger partial charge >= 0.3 is 0 Å². The van der Waals surface area contributed by atoms with Gasteiger partial charge in [-0.15, -0.1) is 13.8 Å². The van der Waals surface area contributed by atoms with Crippen molar-refractivity contribution in [1.29, 1.82) is 0 Å². The molecule has 0 aromatic heterocycles. The van der Waals surface area contributed by atoms with Gasteiger partial charge in [-0.3, -0.25) is 0 Å². The standard InChI is InChI=1S/C18H16O4.2Rh/c1-9-5-7-13-17(21-11(3)19-13)15(9)16-10(2)6-8-14-18(16)22-12(4)20-14;;/h5-8H,1-4H3;;/q-2;;. The van der Waals surface area contributed by atoms with Gasteiger partial charge in [-0.1, -0.05) is 12.1 Å². The third-order valence-electron chi connectivity index (χ3n) is 3.91. The minimum absolute atomic E-state index is 0. The van der Waals surface area contributed by atoms with Crippen LogP contribution in [0.15, 0.2) is 24.3 Å². The van der Waals surface area contributed by atoms with Crippen LogP contribution < -0.4 is 18.9 Å². The molecule has 2 radical (unpaired) electrons. The molecule has 2 aromatic carbocycles. The first-order valence-corrected chi connectivity index (χ1v) is 7.20. The fourth-order valence-electron chi connectivity index (χ4n) is 2.95. The van der Waals surface area contributed by atoms with Crippen molar-refractivity contribution in [1.82, 2.24) is 0 Å². The van der Waals surface area contributed by atoms with E-state index < -0.39 is 0 Å². The zero-order valence-electron chi connectivity index (χ0n) is 13.6. The van der Waals surface area contributed by atoms with E-state index in [-0.39, 0.29) is 39.0 Å². The Labute approximate surface area is 167 Å². The minimum atomic E-state index is 0. The quantitative estimate of drug-likeness (QED) is 0.425. The first-order chi connectivity index (χ1) is 10.5. The van der Waals surface area contributed by atoms with Crippen LogP contribution in [0.3, 0.4) is 0 Å². The van der Waals surface area contributed by atoms with E-state index in [1.54, 1.807) is 13.8 Å². The molecule has 0 unspecified atom stereocenters. The maximum absolute atomic E-state index is 5.81. The Hall–Kier alpha value is -1.11. The van der Waals surface area contributed by atoms with Gasteiger partial charge < -0.3 is 18.9 Å². The summed E-state index contributed by atoms with van der Waals surface area (Å²) in [4.78, 5) is 0. The van der Waals surface area contributed by atoms with Crippen molar-refractivity contribution in [3.8, 4) is 34.1 Å². The Morgan fingerprint density at radius 2 is 1.00 bits per heavy atom. The van der Waals surface area contributed by atoms with Crippen LogP contribution >= 0.6 is 0 Å². The van der Waals surface area contributed by atoms with Crippen molar-refractivity contribution in [2.45, 2.75) is 27.7 Å². The zero-order valence-corrected chi connectivity index (χ0v) is 16.9. The monoisotopic (exact) mass is 502 g/mol. The van der Waals surface area contributed by atoms with E-state index in [0.29, 0.717) is 12.6 Å². The van der Waals surface area contributed by atoms with Crippen molar-refractivity contribution in [3.05, 3.63) is 48.0 Å². The van der Waals surface area contributed by atoms with Crippen molar-refractivity contribution in [2.75, 3.05) is 0 Å². The van der Waals surface area contributed by atoms with Gasteiger partial charge in [0.25, 0.3) is 0 Å². The molecule has 0 bridgehead atoms. The topological polar surface area (TPSA) is 36.9 Å².